The Morgan fingerprint density at radius 2 is 1.04 bits per heavy atom. The number of nitrogens with two attached hydrogens (primary N) is 1. The molecule has 2 heteroatoms. The van der Waals surface area contributed by atoms with Crippen LogP contribution in [0.2, 0.25) is 0 Å². The van der Waals surface area contributed by atoms with E-state index in [1.165, 1.54) is 111 Å². The van der Waals surface area contributed by atoms with Crippen molar-refractivity contribution in [1.82, 2.24) is 4.57 Å². The van der Waals surface area contributed by atoms with Crippen LogP contribution in [0.25, 0.3) is 72.0 Å². The van der Waals surface area contributed by atoms with Gasteiger partial charge in [0.05, 0.1) is 11.0 Å². The van der Waals surface area contributed by atoms with E-state index in [-0.39, 0.29) is 0 Å². The SMILES string of the molecule is Cc1cc(C)cc(-c2ccc(N)c(-c3cc4c5c(c3)CCc3c-5c(cc5c6cc(-c7cc(C)cc(C)c7)ccc6n(-c6ccccc6)c35)CC4)c2)c1. The molecule has 0 unspecified atom stereocenters. The number of hydrogen-bond donors (Lipinski definition) is 1. The molecule has 0 fully saturated rings. The average Bonchev–Trinajstić information content (AvgIpc) is 3.46. The Balaban J connectivity index is 1.18. The molecule has 1 heterocycles. The molecule has 0 saturated heterocycles. The second kappa shape index (κ2) is 11.6. The number of para-hydroxylation sites is 1. The van der Waals surface area contributed by atoms with Crippen molar-refractivity contribution < 1.29 is 0 Å². The minimum Gasteiger partial charge on any atom is -0.398 e. The van der Waals surface area contributed by atoms with E-state index < -0.39 is 0 Å². The molecule has 252 valence electrons. The van der Waals surface area contributed by atoms with Crippen LogP contribution < -0.4 is 5.73 Å². The lowest BCUT2D eigenvalue weighted by atomic mass is 9.73. The molecule has 2 nitrogen and oxygen atoms in total. The zero-order valence-electron chi connectivity index (χ0n) is 30.4. The zero-order valence-corrected chi connectivity index (χ0v) is 30.4. The Hall–Kier alpha value is -5.86. The van der Waals surface area contributed by atoms with Gasteiger partial charge in [-0.3, -0.25) is 0 Å². The summed E-state index contributed by atoms with van der Waals surface area (Å²) in [6, 6.07) is 45.7. The Kier molecular flexibility index (Phi) is 6.89. The lowest BCUT2D eigenvalue weighted by Crippen LogP contribution is -2.15. The Labute approximate surface area is 306 Å². The summed E-state index contributed by atoms with van der Waals surface area (Å²) in [6.07, 6.45) is 4.11. The van der Waals surface area contributed by atoms with Crippen molar-refractivity contribution in [2.45, 2.75) is 53.4 Å². The van der Waals surface area contributed by atoms with Gasteiger partial charge in [-0.05, 0) is 157 Å². The van der Waals surface area contributed by atoms with Gasteiger partial charge in [-0.25, -0.2) is 0 Å². The van der Waals surface area contributed by atoms with Crippen molar-refractivity contribution in [3.05, 3.63) is 166 Å². The number of hydrogen-bond acceptors (Lipinski definition) is 1. The number of rotatable bonds is 4. The standard InChI is InChI=1S/C50H42N2/c1-29-18-30(2)21-38(20-29)33-13-16-46(51)43(26-33)40-24-35-10-11-37-28-45-44-27-34(39-22-31(3)19-32(4)23-39)14-17-47(44)52(41-8-6-5-7-9-41)50(45)42-15-12-36(25-40)48(35)49(37)42/h5-9,13-14,16-28H,10-12,15,51H2,1-4H3. The highest BCUT2D eigenvalue weighted by Crippen LogP contribution is 2.49. The fourth-order valence-electron chi connectivity index (χ4n) is 9.53. The molecule has 7 aromatic carbocycles. The summed E-state index contributed by atoms with van der Waals surface area (Å²) >= 11 is 0. The van der Waals surface area contributed by atoms with Crippen LogP contribution in [0.4, 0.5) is 5.69 Å². The first-order valence-electron chi connectivity index (χ1n) is 18.7. The normalized spacial score (nSPS) is 13.2. The molecule has 8 aromatic rings. The molecular formula is C50H42N2. The van der Waals surface area contributed by atoms with Crippen molar-refractivity contribution in [3.8, 4) is 50.2 Å². The summed E-state index contributed by atoms with van der Waals surface area (Å²) < 4.78 is 2.54. The molecule has 1 aromatic heterocycles. The number of benzene rings is 7. The maximum Gasteiger partial charge on any atom is 0.0579 e. The van der Waals surface area contributed by atoms with Gasteiger partial charge < -0.3 is 10.3 Å². The van der Waals surface area contributed by atoms with E-state index in [0.29, 0.717) is 0 Å². The third-order valence-electron chi connectivity index (χ3n) is 11.6. The van der Waals surface area contributed by atoms with Crippen LogP contribution in [0.5, 0.6) is 0 Å². The van der Waals surface area contributed by atoms with Gasteiger partial charge in [0.25, 0.3) is 0 Å². The maximum absolute atomic E-state index is 6.75. The average molecular weight is 671 g/mol. The van der Waals surface area contributed by atoms with Crippen molar-refractivity contribution in [1.29, 1.82) is 0 Å². The van der Waals surface area contributed by atoms with Crippen LogP contribution in [0.15, 0.2) is 121 Å². The van der Waals surface area contributed by atoms with Gasteiger partial charge in [-0.15, -0.1) is 0 Å². The lowest BCUT2D eigenvalue weighted by Gasteiger charge is -2.31. The van der Waals surface area contributed by atoms with Crippen molar-refractivity contribution in [3.63, 3.8) is 0 Å². The molecule has 52 heavy (non-hydrogen) atoms. The van der Waals surface area contributed by atoms with E-state index in [0.717, 1.165) is 36.9 Å². The molecule has 2 N–H and O–H groups in total. The van der Waals surface area contributed by atoms with Gasteiger partial charge in [0.2, 0.25) is 0 Å². The summed E-state index contributed by atoms with van der Waals surface area (Å²) in [5.74, 6) is 0. The van der Waals surface area contributed by atoms with Crippen LogP contribution in [0, 0.1) is 27.7 Å². The fourth-order valence-corrected chi connectivity index (χ4v) is 9.53. The van der Waals surface area contributed by atoms with Crippen LogP contribution in [0.3, 0.4) is 0 Å². The van der Waals surface area contributed by atoms with E-state index >= 15 is 0 Å². The molecule has 0 saturated carbocycles. The molecule has 0 radical (unpaired) electrons. The van der Waals surface area contributed by atoms with E-state index in [1.54, 1.807) is 0 Å². The predicted octanol–water partition coefficient (Wildman–Crippen LogP) is 12.5. The summed E-state index contributed by atoms with van der Waals surface area (Å²) in [5.41, 5.74) is 32.8. The summed E-state index contributed by atoms with van der Waals surface area (Å²) in [6.45, 7) is 8.73. The summed E-state index contributed by atoms with van der Waals surface area (Å²) in [5, 5.41) is 2.71. The highest BCUT2D eigenvalue weighted by molar-refractivity contribution is 6.14. The smallest absolute Gasteiger partial charge is 0.0579 e. The number of nitrogens with zero attached hydrogens (tertiary/aromatic N) is 1. The van der Waals surface area contributed by atoms with Crippen LogP contribution in [-0.4, -0.2) is 4.57 Å². The Bertz CT molecular complexity index is 2720. The second-order valence-electron chi connectivity index (χ2n) is 15.4. The third-order valence-corrected chi connectivity index (χ3v) is 11.6. The number of aromatic nitrogens is 1. The molecule has 0 atom stereocenters. The largest absolute Gasteiger partial charge is 0.398 e. The monoisotopic (exact) mass is 670 g/mol. The Morgan fingerprint density at radius 1 is 0.462 bits per heavy atom. The minimum absolute atomic E-state index is 0.835. The molecular weight excluding hydrogens is 629 g/mol. The quantitative estimate of drug-likeness (QED) is 0.186. The minimum atomic E-state index is 0.835. The molecule has 0 aliphatic heterocycles. The fraction of sp³-hybridized carbons (Fsp3) is 0.160. The third kappa shape index (κ3) is 4.85. The summed E-state index contributed by atoms with van der Waals surface area (Å²) in [7, 11) is 0. The number of fused-ring (bicyclic) bond motifs is 4. The molecule has 0 amide bonds. The highest BCUT2D eigenvalue weighted by Gasteiger charge is 2.30. The van der Waals surface area contributed by atoms with Crippen LogP contribution in [0.1, 0.15) is 44.5 Å². The topological polar surface area (TPSA) is 30.9 Å². The van der Waals surface area contributed by atoms with E-state index in [2.05, 4.69) is 154 Å². The van der Waals surface area contributed by atoms with Gasteiger partial charge in [0.15, 0.2) is 0 Å². The molecule has 10 rings (SSSR count). The number of anilines is 1. The van der Waals surface area contributed by atoms with Gasteiger partial charge in [0.1, 0.15) is 0 Å². The van der Waals surface area contributed by atoms with Crippen LogP contribution >= 0.6 is 0 Å². The van der Waals surface area contributed by atoms with Crippen molar-refractivity contribution in [2.75, 3.05) is 5.73 Å². The first kappa shape index (κ1) is 30.9. The number of aryl methyl sites for hydroxylation is 8. The van der Waals surface area contributed by atoms with E-state index in [9.17, 15) is 0 Å². The van der Waals surface area contributed by atoms with E-state index in [1.807, 2.05) is 0 Å². The molecule has 2 aliphatic rings. The predicted molar refractivity (Wildman–Crippen MR) is 221 cm³/mol. The van der Waals surface area contributed by atoms with Crippen molar-refractivity contribution in [2.24, 2.45) is 0 Å². The number of nitrogen functional groups attached to an aromatic ring is 1. The lowest BCUT2D eigenvalue weighted by molar-refractivity contribution is 0.880. The first-order chi connectivity index (χ1) is 25.3. The zero-order chi connectivity index (χ0) is 35.2. The first-order valence-corrected chi connectivity index (χ1v) is 18.7. The van der Waals surface area contributed by atoms with E-state index in [4.69, 9.17) is 5.73 Å². The highest BCUT2D eigenvalue weighted by atomic mass is 15.0. The maximum atomic E-state index is 6.75. The molecule has 0 spiro atoms. The van der Waals surface area contributed by atoms with Gasteiger partial charge in [-0.2, -0.15) is 0 Å². The van der Waals surface area contributed by atoms with Crippen LogP contribution in [-0.2, 0) is 25.7 Å². The van der Waals surface area contributed by atoms with Crippen molar-refractivity contribution >= 4 is 27.5 Å². The van der Waals surface area contributed by atoms with Gasteiger partial charge in [0, 0.05) is 27.7 Å². The second-order valence-corrected chi connectivity index (χ2v) is 15.4. The summed E-state index contributed by atoms with van der Waals surface area (Å²) in [4.78, 5) is 0. The molecule has 2 aliphatic carbocycles. The van der Waals surface area contributed by atoms with Gasteiger partial charge in [-0.1, -0.05) is 101 Å². The molecule has 0 bridgehead atoms. The van der Waals surface area contributed by atoms with Gasteiger partial charge >= 0.3 is 0 Å². The Morgan fingerprint density at radius 3 is 1.69 bits per heavy atom.